The average molecular weight is 291 g/mol. The lowest BCUT2D eigenvalue weighted by molar-refractivity contribution is -0.0308. The molecular weight excluding hydrogens is 275 g/mol. The fourth-order valence-electron chi connectivity index (χ4n) is 2.02. The van der Waals surface area contributed by atoms with E-state index in [0.29, 0.717) is 10.9 Å². The minimum Gasteiger partial charge on any atom is -0.358 e. The Kier molecular flexibility index (Phi) is 4.86. The quantitative estimate of drug-likeness (QED) is 0.527. The van der Waals surface area contributed by atoms with E-state index in [1.54, 1.807) is 13.4 Å². The van der Waals surface area contributed by atoms with Crippen LogP contribution in [-0.4, -0.2) is 34.4 Å². The predicted octanol–water partition coefficient (Wildman–Crippen LogP) is 2.81. The van der Waals surface area contributed by atoms with Crippen LogP contribution in [0.2, 0.25) is 0 Å². The molecule has 1 saturated heterocycles. The Hall–Kier alpha value is -0.780. The molecule has 1 aromatic heterocycles. The first-order valence-corrected chi connectivity index (χ1v) is 6.80. The highest BCUT2D eigenvalue weighted by molar-refractivity contribution is 6.69. The van der Waals surface area contributed by atoms with Gasteiger partial charge in [0.25, 0.3) is 0 Å². The number of rotatable bonds is 4. The van der Waals surface area contributed by atoms with Crippen LogP contribution in [-0.2, 0) is 4.74 Å². The van der Waals surface area contributed by atoms with Crippen LogP contribution >= 0.6 is 23.2 Å². The molecule has 0 amide bonds. The first-order valence-electron chi connectivity index (χ1n) is 5.89. The number of aliphatic imine (C=N–C) groups is 1. The molecule has 2 rings (SSSR count). The van der Waals surface area contributed by atoms with Crippen LogP contribution in [0.5, 0.6) is 0 Å². The molecule has 1 aromatic rings. The highest BCUT2D eigenvalue weighted by atomic mass is 35.5. The van der Waals surface area contributed by atoms with Gasteiger partial charge < -0.3 is 10.1 Å². The van der Waals surface area contributed by atoms with Crippen molar-refractivity contribution in [3.63, 3.8) is 0 Å². The van der Waals surface area contributed by atoms with Crippen molar-refractivity contribution in [1.82, 2.24) is 9.55 Å². The molecule has 0 saturated carbocycles. The standard InChI is InChI=1S/C11H16Cl2N4O/c1-14-10(13)9-11(15-6-12)17(7-16-9)8-4-2-3-5-18-8/h7-8,15H,2-6H2,1H3. The van der Waals surface area contributed by atoms with Crippen molar-refractivity contribution < 1.29 is 4.74 Å². The molecule has 2 heterocycles. The number of nitrogens with zero attached hydrogens (tertiary/aromatic N) is 3. The number of halogens is 2. The molecule has 1 unspecified atom stereocenters. The molecule has 18 heavy (non-hydrogen) atoms. The maximum absolute atomic E-state index is 6.03. The second-order valence-corrected chi connectivity index (χ2v) is 4.62. The molecule has 1 aliphatic rings. The summed E-state index contributed by atoms with van der Waals surface area (Å²) >= 11 is 11.8. The van der Waals surface area contributed by atoms with Crippen molar-refractivity contribution in [2.75, 3.05) is 25.0 Å². The maximum atomic E-state index is 6.03. The summed E-state index contributed by atoms with van der Waals surface area (Å²) < 4.78 is 7.67. The minimum absolute atomic E-state index is 0.00737. The Morgan fingerprint density at radius 2 is 2.50 bits per heavy atom. The molecule has 0 aromatic carbocycles. The Morgan fingerprint density at radius 3 is 3.11 bits per heavy atom. The lowest BCUT2D eigenvalue weighted by Gasteiger charge is -2.25. The summed E-state index contributed by atoms with van der Waals surface area (Å²) in [7, 11) is 1.63. The van der Waals surface area contributed by atoms with E-state index in [9.17, 15) is 0 Å². The maximum Gasteiger partial charge on any atom is 0.153 e. The second kappa shape index (κ2) is 6.41. The van der Waals surface area contributed by atoms with Gasteiger partial charge >= 0.3 is 0 Å². The second-order valence-electron chi connectivity index (χ2n) is 4.00. The molecule has 1 atom stereocenters. The van der Waals surface area contributed by atoms with E-state index < -0.39 is 0 Å². The van der Waals surface area contributed by atoms with Crippen molar-refractivity contribution in [2.45, 2.75) is 25.5 Å². The molecule has 1 aliphatic heterocycles. The Labute approximate surface area is 116 Å². The van der Waals surface area contributed by atoms with Crippen molar-refractivity contribution in [3.05, 3.63) is 12.0 Å². The number of hydrogen-bond acceptors (Lipinski definition) is 4. The molecule has 0 radical (unpaired) electrons. The zero-order chi connectivity index (χ0) is 13.0. The fourth-order valence-corrected chi connectivity index (χ4v) is 2.28. The van der Waals surface area contributed by atoms with E-state index in [4.69, 9.17) is 27.9 Å². The van der Waals surface area contributed by atoms with Crippen molar-refractivity contribution in [3.8, 4) is 0 Å². The summed E-state index contributed by atoms with van der Waals surface area (Å²) in [4.78, 5) is 8.22. The summed E-state index contributed by atoms with van der Waals surface area (Å²) in [6.07, 6.45) is 4.93. The van der Waals surface area contributed by atoms with Crippen LogP contribution in [0.25, 0.3) is 0 Å². The number of anilines is 1. The first kappa shape index (κ1) is 13.6. The lowest BCUT2D eigenvalue weighted by Crippen LogP contribution is -2.19. The third-order valence-electron chi connectivity index (χ3n) is 2.89. The van der Waals surface area contributed by atoms with Gasteiger partial charge in [-0.2, -0.15) is 0 Å². The Balaban J connectivity index is 2.31. The third kappa shape index (κ3) is 2.79. The van der Waals surface area contributed by atoms with Gasteiger partial charge in [0.05, 0.1) is 12.3 Å². The van der Waals surface area contributed by atoms with E-state index in [0.717, 1.165) is 31.7 Å². The van der Waals surface area contributed by atoms with Crippen LogP contribution in [0.15, 0.2) is 11.3 Å². The molecule has 0 bridgehead atoms. The zero-order valence-corrected chi connectivity index (χ0v) is 11.7. The van der Waals surface area contributed by atoms with Gasteiger partial charge in [-0.15, -0.1) is 11.6 Å². The van der Waals surface area contributed by atoms with E-state index in [-0.39, 0.29) is 12.2 Å². The average Bonchev–Trinajstić information content (AvgIpc) is 2.83. The molecular formula is C11H16Cl2N4O. The number of ether oxygens (including phenoxy) is 1. The molecule has 5 nitrogen and oxygen atoms in total. The molecule has 7 heteroatoms. The van der Waals surface area contributed by atoms with Crippen LogP contribution in [0.1, 0.15) is 31.2 Å². The highest BCUT2D eigenvalue weighted by Crippen LogP contribution is 2.28. The fraction of sp³-hybridized carbons (Fsp3) is 0.636. The summed E-state index contributed by atoms with van der Waals surface area (Å²) in [5.41, 5.74) is 0.606. The van der Waals surface area contributed by atoms with E-state index in [2.05, 4.69) is 15.3 Å². The topological polar surface area (TPSA) is 51.4 Å². The summed E-state index contributed by atoms with van der Waals surface area (Å²) in [5, 5.41) is 3.42. The van der Waals surface area contributed by atoms with Gasteiger partial charge in [0.2, 0.25) is 0 Å². The van der Waals surface area contributed by atoms with Crippen LogP contribution in [0, 0.1) is 0 Å². The van der Waals surface area contributed by atoms with E-state index in [1.165, 1.54) is 0 Å². The monoisotopic (exact) mass is 290 g/mol. The Bertz CT molecular complexity index is 427. The van der Waals surface area contributed by atoms with Crippen LogP contribution in [0.4, 0.5) is 5.82 Å². The van der Waals surface area contributed by atoms with E-state index >= 15 is 0 Å². The summed E-state index contributed by atoms with van der Waals surface area (Å²) in [6.45, 7) is 0.772. The van der Waals surface area contributed by atoms with Gasteiger partial charge in [0, 0.05) is 13.7 Å². The lowest BCUT2D eigenvalue weighted by atomic mass is 10.2. The van der Waals surface area contributed by atoms with Crippen molar-refractivity contribution in [2.24, 2.45) is 4.99 Å². The van der Waals surface area contributed by atoms with Gasteiger partial charge in [-0.05, 0) is 19.3 Å². The molecule has 1 fully saturated rings. The predicted molar refractivity (Wildman–Crippen MR) is 73.7 cm³/mol. The highest BCUT2D eigenvalue weighted by Gasteiger charge is 2.22. The minimum atomic E-state index is -0.00737. The van der Waals surface area contributed by atoms with Gasteiger partial charge in [0.1, 0.15) is 17.7 Å². The number of nitrogens with one attached hydrogen (secondary N) is 1. The van der Waals surface area contributed by atoms with Gasteiger partial charge in [-0.25, -0.2) is 4.98 Å². The Morgan fingerprint density at radius 1 is 1.67 bits per heavy atom. The first-order chi connectivity index (χ1) is 8.77. The molecule has 0 aliphatic carbocycles. The van der Waals surface area contributed by atoms with Crippen LogP contribution in [0.3, 0.4) is 0 Å². The number of aromatic nitrogens is 2. The summed E-state index contributed by atoms with van der Waals surface area (Å²) in [5.74, 6) is 0.757. The molecule has 100 valence electrons. The van der Waals surface area contributed by atoms with E-state index in [1.807, 2.05) is 4.57 Å². The summed E-state index contributed by atoms with van der Waals surface area (Å²) in [6, 6.07) is 0.277. The number of alkyl halides is 1. The number of hydrogen-bond donors (Lipinski definition) is 1. The smallest absolute Gasteiger partial charge is 0.153 e. The van der Waals surface area contributed by atoms with Crippen LogP contribution < -0.4 is 5.32 Å². The van der Waals surface area contributed by atoms with Gasteiger partial charge in [-0.1, -0.05) is 11.6 Å². The molecule has 1 N–H and O–H groups in total. The van der Waals surface area contributed by atoms with Gasteiger partial charge in [-0.3, -0.25) is 9.56 Å². The third-order valence-corrected chi connectivity index (χ3v) is 3.37. The SMILES string of the molecule is CN=C(Cl)c1ncn(C2CCCCO2)c1NCCl. The van der Waals surface area contributed by atoms with Crippen molar-refractivity contribution >= 4 is 34.2 Å². The normalized spacial score (nSPS) is 21.1. The largest absolute Gasteiger partial charge is 0.358 e. The zero-order valence-electron chi connectivity index (χ0n) is 10.2. The van der Waals surface area contributed by atoms with Crippen molar-refractivity contribution in [1.29, 1.82) is 0 Å². The number of imidazole rings is 1. The molecule has 0 spiro atoms. The van der Waals surface area contributed by atoms with Gasteiger partial charge in [0.15, 0.2) is 5.17 Å².